The first-order valence-corrected chi connectivity index (χ1v) is 5.43. The average molecular weight is 272 g/mol. The molecule has 0 aliphatic carbocycles. The number of hydrogen-bond donors (Lipinski definition) is 4. The molecular weight excluding hydrogens is 260 g/mol. The van der Waals surface area contributed by atoms with Gasteiger partial charge in [0.2, 0.25) is 0 Å². The quantitative estimate of drug-likeness (QED) is 0.428. The number of aliphatic hydroxyl groups is 3. The van der Waals surface area contributed by atoms with E-state index in [-0.39, 0.29) is 12.0 Å². The highest BCUT2D eigenvalue weighted by Gasteiger charge is 2.44. The molecule has 4 atom stereocenters. The molecule has 1 aliphatic rings. The van der Waals surface area contributed by atoms with Crippen molar-refractivity contribution >= 4 is 6.29 Å². The Hall–Kier alpha value is -1.81. The number of carbonyl (C=O) groups excluding carboxylic acids is 1. The van der Waals surface area contributed by atoms with Gasteiger partial charge in [0.15, 0.2) is 12.5 Å². The Kier molecular flexibility index (Phi) is 3.62. The predicted octanol–water partition coefficient (Wildman–Crippen LogP) is -3.04. The van der Waals surface area contributed by atoms with Crippen LogP contribution >= 0.6 is 0 Å². The van der Waals surface area contributed by atoms with Gasteiger partial charge < -0.3 is 20.1 Å². The summed E-state index contributed by atoms with van der Waals surface area (Å²) in [4.78, 5) is 35.5. The van der Waals surface area contributed by atoms with Crippen LogP contribution in [0.1, 0.15) is 16.7 Å². The first kappa shape index (κ1) is 13.6. The number of aromatic nitrogens is 2. The van der Waals surface area contributed by atoms with E-state index in [1.54, 1.807) is 0 Å². The molecule has 104 valence electrons. The molecule has 1 aromatic heterocycles. The van der Waals surface area contributed by atoms with Crippen LogP contribution in [0.5, 0.6) is 0 Å². The third-order valence-electron chi connectivity index (χ3n) is 2.90. The van der Waals surface area contributed by atoms with Gasteiger partial charge in [0.05, 0.1) is 12.3 Å². The largest absolute Gasteiger partial charge is 0.394 e. The molecule has 0 spiro atoms. The fraction of sp³-hybridized carbons (Fsp3) is 0.500. The SMILES string of the molecule is O=Cc1cc(=O)[nH]c(=O)n1[C@H]1O[C@@H](CO)C(O)C1O. The fourth-order valence-electron chi connectivity index (χ4n) is 1.97. The Bertz CT molecular complexity index is 592. The second-order valence-corrected chi connectivity index (χ2v) is 4.08. The van der Waals surface area contributed by atoms with Crippen LogP contribution in [-0.4, -0.2) is 56.1 Å². The maximum absolute atomic E-state index is 11.7. The van der Waals surface area contributed by atoms with E-state index in [2.05, 4.69) is 0 Å². The molecule has 9 nitrogen and oxygen atoms in total. The van der Waals surface area contributed by atoms with Crippen LogP contribution in [0.2, 0.25) is 0 Å². The maximum atomic E-state index is 11.7. The average Bonchev–Trinajstić information content (AvgIpc) is 2.65. The number of aliphatic hydroxyl groups excluding tert-OH is 3. The van der Waals surface area contributed by atoms with Crippen LogP contribution in [0.25, 0.3) is 0 Å². The van der Waals surface area contributed by atoms with E-state index < -0.39 is 42.4 Å². The first-order valence-electron chi connectivity index (χ1n) is 5.43. The standard InChI is InChI=1S/C10H12N2O7/c13-2-4-1-6(15)11-10(18)12(4)9-8(17)7(16)5(3-14)19-9/h1-2,5,7-9,14,16-17H,3H2,(H,11,15,18)/t5-,7?,8?,9-/m0/s1. The Morgan fingerprint density at radius 3 is 2.58 bits per heavy atom. The molecule has 2 rings (SSSR count). The van der Waals surface area contributed by atoms with Crippen molar-refractivity contribution in [3.8, 4) is 0 Å². The van der Waals surface area contributed by atoms with Gasteiger partial charge in [-0.05, 0) is 0 Å². The number of H-pyrrole nitrogens is 1. The molecule has 0 radical (unpaired) electrons. The van der Waals surface area contributed by atoms with Crippen molar-refractivity contribution in [3.63, 3.8) is 0 Å². The zero-order valence-corrected chi connectivity index (χ0v) is 9.59. The molecule has 2 unspecified atom stereocenters. The van der Waals surface area contributed by atoms with Crippen LogP contribution in [0, 0.1) is 0 Å². The maximum Gasteiger partial charge on any atom is 0.331 e. The molecule has 0 amide bonds. The summed E-state index contributed by atoms with van der Waals surface area (Å²) in [6.07, 6.45) is -5.12. The monoisotopic (exact) mass is 272 g/mol. The molecule has 1 aliphatic heterocycles. The lowest BCUT2D eigenvalue weighted by molar-refractivity contribution is -0.0555. The molecular formula is C10H12N2O7. The first-order chi connectivity index (χ1) is 8.99. The topological polar surface area (TPSA) is 142 Å². The molecule has 9 heteroatoms. The predicted molar refractivity (Wildman–Crippen MR) is 59.7 cm³/mol. The Morgan fingerprint density at radius 1 is 1.37 bits per heavy atom. The third-order valence-corrected chi connectivity index (χ3v) is 2.90. The van der Waals surface area contributed by atoms with Crippen LogP contribution < -0.4 is 11.2 Å². The highest BCUT2D eigenvalue weighted by Crippen LogP contribution is 2.28. The minimum absolute atomic E-state index is 0.255. The lowest BCUT2D eigenvalue weighted by Gasteiger charge is -2.18. The molecule has 1 saturated heterocycles. The summed E-state index contributed by atoms with van der Waals surface area (Å²) < 4.78 is 5.84. The number of hydrogen-bond acceptors (Lipinski definition) is 7. The van der Waals surface area contributed by atoms with Crippen molar-refractivity contribution in [1.29, 1.82) is 0 Å². The summed E-state index contributed by atoms with van der Waals surface area (Å²) in [6.45, 7) is -0.566. The third kappa shape index (κ3) is 2.24. The second-order valence-electron chi connectivity index (χ2n) is 4.08. The Labute approximate surface area is 105 Å². The number of rotatable bonds is 3. The smallest absolute Gasteiger partial charge is 0.331 e. The molecule has 0 aromatic carbocycles. The molecule has 1 fully saturated rings. The van der Waals surface area contributed by atoms with Crippen LogP contribution in [0.15, 0.2) is 15.7 Å². The van der Waals surface area contributed by atoms with E-state index in [1.165, 1.54) is 0 Å². The summed E-state index contributed by atoms with van der Waals surface area (Å²) in [5.41, 5.74) is -2.02. The van der Waals surface area contributed by atoms with E-state index >= 15 is 0 Å². The van der Waals surface area contributed by atoms with Gasteiger partial charge in [0, 0.05) is 6.07 Å². The zero-order valence-electron chi connectivity index (χ0n) is 9.59. The molecule has 0 saturated carbocycles. The van der Waals surface area contributed by atoms with Crippen molar-refractivity contribution in [2.45, 2.75) is 24.5 Å². The van der Waals surface area contributed by atoms with Gasteiger partial charge in [0.1, 0.15) is 18.3 Å². The lowest BCUT2D eigenvalue weighted by atomic mass is 10.1. The number of aldehydes is 1. The van der Waals surface area contributed by atoms with E-state index in [9.17, 15) is 24.6 Å². The molecule has 0 bridgehead atoms. The van der Waals surface area contributed by atoms with Gasteiger partial charge in [-0.1, -0.05) is 0 Å². The van der Waals surface area contributed by atoms with Crippen molar-refractivity contribution < 1.29 is 24.9 Å². The number of nitrogens with one attached hydrogen (secondary N) is 1. The van der Waals surface area contributed by atoms with Crippen LogP contribution in [-0.2, 0) is 4.74 Å². The van der Waals surface area contributed by atoms with Gasteiger partial charge >= 0.3 is 5.69 Å². The summed E-state index contributed by atoms with van der Waals surface area (Å²) in [6, 6.07) is 0.864. The van der Waals surface area contributed by atoms with E-state index in [1.807, 2.05) is 4.98 Å². The van der Waals surface area contributed by atoms with Crippen molar-refractivity contribution in [1.82, 2.24) is 9.55 Å². The van der Waals surface area contributed by atoms with E-state index in [0.29, 0.717) is 0 Å². The number of carbonyl (C=O) groups is 1. The number of nitrogens with zero attached hydrogens (tertiary/aromatic N) is 1. The Morgan fingerprint density at radius 2 is 2.05 bits per heavy atom. The van der Waals surface area contributed by atoms with Gasteiger partial charge in [-0.2, -0.15) is 0 Å². The van der Waals surface area contributed by atoms with Gasteiger partial charge in [-0.3, -0.25) is 19.1 Å². The van der Waals surface area contributed by atoms with Crippen molar-refractivity contribution in [3.05, 3.63) is 32.6 Å². The normalized spacial score (nSPS) is 30.5. The van der Waals surface area contributed by atoms with Gasteiger partial charge in [-0.25, -0.2) is 4.79 Å². The fourth-order valence-corrected chi connectivity index (χ4v) is 1.97. The summed E-state index contributed by atoms with van der Waals surface area (Å²) in [5, 5.41) is 28.3. The summed E-state index contributed by atoms with van der Waals surface area (Å²) in [5.74, 6) is 0. The van der Waals surface area contributed by atoms with Gasteiger partial charge in [-0.15, -0.1) is 0 Å². The minimum atomic E-state index is -1.51. The summed E-state index contributed by atoms with van der Waals surface area (Å²) in [7, 11) is 0. The molecule has 1 aromatic rings. The Balaban J connectivity index is 2.51. The molecule has 4 N–H and O–H groups in total. The van der Waals surface area contributed by atoms with E-state index in [0.717, 1.165) is 10.6 Å². The molecule has 2 heterocycles. The van der Waals surface area contributed by atoms with Crippen molar-refractivity contribution in [2.24, 2.45) is 0 Å². The zero-order chi connectivity index (χ0) is 14.2. The highest BCUT2D eigenvalue weighted by molar-refractivity contribution is 5.71. The van der Waals surface area contributed by atoms with Crippen molar-refractivity contribution in [2.75, 3.05) is 6.61 Å². The number of ether oxygens (including phenoxy) is 1. The molecule has 19 heavy (non-hydrogen) atoms. The van der Waals surface area contributed by atoms with E-state index in [4.69, 9.17) is 9.84 Å². The number of aromatic amines is 1. The van der Waals surface area contributed by atoms with Crippen LogP contribution in [0.3, 0.4) is 0 Å². The lowest BCUT2D eigenvalue weighted by Crippen LogP contribution is -2.39. The van der Waals surface area contributed by atoms with Crippen LogP contribution in [0.4, 0.5) is 0 Å². The summed E-state index contributed by atoms with van der Waals surface area (Å²) >= 11 is 0. The highest BCUT2D eigenvalue weighted by atomic mass is 16.6. The van der Waals surface area contributed by atoms with Gasteiger partial charge in [0.25, 0.3) is 5.56 Å². The second kappa shape index (κ2) is 5.05. The minimum Gasteiger partial charge on any atom is -0.394 e.